The topological polar surface area (TPSA) is 119 Å². The number of anilines is 1. The molecule has 26 heavy (non-hydrogen) atoms. The molecule has 1 aliphatic rings. The van der Waals surface area contributed by atoms with Crippen molar-refractivity contribution in [3.63, 3.8) is 0 Å². The molecule has 1 aliphatic heterocycles. The molecule has 9 nitrogen and oxygen atoms in total. The number of imide groups is 1. The maximum Gasteiger partial charge on any atom is 0.413 e. The smallest absolute Gasteiger partial charge is 0.413 e. The van der Waals surface area contributed by atoms with Crippen molar-refractivity contribution in [2.75, 3.05) is 30.3 Å². The number of nitrogens with zero attached hydrogens (tertiary/aromatic N) is 1. The van der Waals surface area contributed by atoms with Crippen molar-refractivity contribution in [1.82, 2.24) is 5.32 Å². The largest absolute Gasteiger partial charge is 0.452 e. The first-order chi connectivity index (χ1) is 12.2. The second kappa shape index (κ2) is 8.17. The van der Waals surface area contributed by atoms with E-state index in [1.54, 1.807) is 19.1 Å². The van der Waals surface area contributed by atoms with Crippen LogP contribution in [-0.2, 0) is 30.7 Å². The molecular weight excluding hydrogens is 364 g/mol. The van der Waals surface area contributed by atoms with Crippen molar-refractivity contribution < 1.29 is 32.3 Å². The summed E-state index contributed by atoms with van der Waals surface area (Å²) in [5, 5.41) is 1.91. The first-order valence-corrected chi connectivity index (χ1v) is 9.81. The normalized spacial score (nSPS) is 13.5. The Morgan fingerprint density at radius 1 is 1.23 bits per heavy atom. The Labute approximate surface area is 151 Å². The van der Waals surface area contributed by atoms with E-state index in [0.717, 1.165) is 6.26 Å². The fourth-order valence-electron chi connectivity index (χ4n) is 2.57. The number of amides is 2. The number of carbonyl (C=O) groups excluding carboxylic acids is 3. The fraction of sp³-hybridized carbons (Fsp3) is 0.438. The van der Waals surface area contributed by atoms with Crippen LogP contribution in [0, 0.1) is 0 Å². The fourth-order valence-corrected chi connectivity index (χ4v) is 3.56. The second-order valence-electron chi connectivity index (χ2n) is 5.63. The molecule has 1 aromatic carbocycles. The number of sulfonamides is 1. The molecule has 0 fully saturated rings. The second-order valence-corrected chi connectivity index (χ2v) is 7.53. The summed E-state index contributed by atoms with van der Waals surface area (Å²) in [7, 11) is -3.39. The van der Waals surface area contributed by atoms with Gasteiger partial charge < -0.3 is 9.47 Å². The van der Waals surface area contributed by atoms with E-state index in [0.29, 0.717) is 30.6 Å². The van der Waals surface area contributed by atoms with Crippen LogP contribution in [0.1, 0.15) is 29.3 Å². The molecule has 0 unspecified atom stereocenters. The first-order valence-electron chi connectivity index (χ1n) is 7.96. The van der Waals surface area contributed by atoms with E-state index in [1.165, 1.54) is 10.4 Å². The minimum atomic E-state index is -3.39. The van der Waals surface area contributed by atoms with Crippen molar-refractivity contribution in [3.8, 4) is 0 Å². The number of hydrogen-bond acceptors (Lipinski definition) is 7. The highest BCUT2D eigenvalue weighted by molar-refractivity contribution is 7.92. The van der Waals surface area contributed by atoms with E-state index in [4.69, 9.17) is 4.74 Å². The van der Waals surface area contributed by atoms with Crippen molar-refractivity contribution in [1.29, 1.82) is 0 Å². The average Bonchev–Trinajstić information content (AvgIpc) is 2.58. The lowest BCUT2D eigenvalue weighted by Gasteiger charge is -2.29. The molecule has 0 aliphatic carbocycles. The van der Waals surface area contributed by atoms with E-state index in [2.05, 4.69) is 4.74 Å². The molecule has 0 aromatic heterocycles. The molecule has 2 rings (SSSR count). The zero-order valence-electron chi connectivity index (χ0n) is 14.5. The predicted octanol–water partition coefficient (Wildman–Crippen LogP) is 0.828. The van der Waals surface area contributed by atoms with Gasteiger partial charge in [0.15, 0.2) is 6.61 Å². The highest BCUT2D eigenvalue weighted by atomic mass is 32.2. The van der Waals surface area contributed by atoms with E-state index >= 15 is 0 Å². The van der Waals surface area contributed by atoms with Gasteiger partial charge in [0.2, 0.25) is 10.0 Å². The number of ether oxygens (including phenoxy) is 2. The van der Waals surface area contributed by atoms with E-state index < -0.39 is 34.6 Å². The molecule has 2 amide bonds. The van der Waals surface area contributed by atoms with Crippen molar-refractivity contribution in [3.05, 3.63) is 29.3 Å². The van der Waals surface area contributed by atoms with Crippen LogP contribution in [0.3, 0.4) is 0 Å². The third-order valence-corrected chi connectivity index (χ3v) is 4.82. The Bertz CT molecular complexity index is 820. The maximum atomic E-state index is 12.1. The van der Waals surface area contributed by atoms with Crippen molar-refractivity contribution in [2.45, 2.75) is 19.8 Å². The summed E-state index contributed by atoms with van der Waals surface area (Å²) in [6, 6.07) is 4.54. The highest BCUT2D eigenvalue weighted by Crippen LogP contribution is 2.30. The van der Waals surface area contributed by atoms with Gasteiger partial charge in [0, 0.05) is 6.54 Å². The number of carbonyl (C=O) groups is 3. The molecule has 1 heterocycles. The minimum absolute atomic E-state index is 0.110. The van der Waals surface area contributed by atoms with Gasteiger partial charge in [0.25, 0.3) is 5.91 Å². The van der Waals surface area contributed by atoms with Crippen LogP contribution in [-0.4, -0.2) is 52.4 Å². The summed E-state index contributed by atoms with van der Waals surface area (Å²) in [4.78, 5) is 34.7. The van der Waals surface area contributed by atoms with Crippen LogP contribution < -0.4 is 9.62 Å². The maximum absolute atomic E-state index is 12.1. The molecule has 0 spiro atoms. The third-order valence-electron chi connectivity index (χ3n) is 3.64. The Balaban J connectivity index is 2.03. The lowest BCUT2D eigenvalue weighted by atomic mass is 10.0. The summed E-state index contributed by atoms with van der Waals surface area (Å²) in [6.45, 7) is 1.46. The lowest BCUT2D eigenvalue weighted by Crippen LogP contribution is -2.35. The van der Waals surface area contributed by atoms with E-state index in [9.17, 15) is 22.8 Å². The molecule has 0 saturated heterocycles. The van der Waals surface area contributed by atoms with Crippen LogP contribution in [0.25, 0.3) is 0 Å². The number of nitrogens with one attached hydrogen (secondary N) is 1. The molecule has 142 valence electrons. The van der Waals surface area contributed by atoms with Crippen LogP contribution in [0.15, 0.2) is 18.2 Å². The van der Waals surface area contributed by atoms with Gasteiger partial charge in [-0.15, -0.1) is 0 Å². The zero-order chi connectivity index (χ0) is 19.3. The zero-order valence-corrected chi connectivity index (χ0v) is 15.3. The predicted molar refractivity (Wildman–Crippen MR) is 92.4 cm³/mol. The monoisotopic (exact) mass is 384 g/mol. The van der Waals surface area contributed by atoms with Crippen molar-refractivity contribution >= 4 is 33.7 Å². The van der Waals surface area contributed by atoms with Crippen LogP contribution in [0.2, 0.25) is 0 Å². The Hall–Kier alpha value is -2.62. The lowest BCUT2D eigenvalue weighted by molar-refractivity contribution is -0.123. The number of alkyl carbamates (subject to hydrolysis) is 1. The van der Waals surface area contributed by atoms with Gasteiger partial charge >= 0.3 is 12.1 Å². The molecule has 0 saturated carbocycles. The first kappa shape index (κ1) is 19.7. The number of rotatable bonds is 5. The van der Waals surface area contributed by atoms with Crippen molar-refractivity contribution in [2.24, 2.45) is 0 Å². The number of aryl methyl sites for hydroxylation is 1. The SMILES string of the molecule is CCOC(=O)NC(=O)COC(=O)c1ccc2c(c1)CCCN2S(C)(=O)=O. The van der Waals surface area contributed by atoms with Crippen LogP contribution >= 0.6 is 0 Å². The average molecular weight is 384 g/mol. The summed E-state index contributed by atoms with van der Waals surface area (Å²) >= 11 is 0. The standard InChI is InChI=1S/C16H20N2O7S/c1-3-24-16(21)17-14(19)10-25-15(20)12-6-7-13-11(9-12)5-4-8-18(13)26(2,22)23/h6-7,9H,3-5,8,10H2,1-2H3,(H,17,19,21). The van der Waals surface area contributed by atoms with E-state index in [1.807, 2.05) is 5.32 Å². The van der Waals surface area contributed by atoms with Gasteiger partial charge in [0.1, 0.15) is 0 Å². The molecule has 1 aromatic rings. The Morgan fingerprint density at radius 2 is 1.96 bits per heavy atom. The van der Waals surface area contributed by atoms with Crippen LogP contribution in [0.4, 0.5) is 10.5 Å². The van der Waals surface area contributed by atoms with Gasteiger partial charge in [-0.2, -0.15) is 0 Å². The molecule has 0 atom stereocenters. The number of esters is 1. The number of fused-ring (bicyclic) bond motifs is 1. The Morgan fingerprint density at radius 3 is 2.62 bits per heavy atom. The quantitative estimate of drug-likeness (QED) is 0.747. The summed E-state index contributed by atoms with van der Waals surface area (Å²) in [5.41, 5.74) is 1.45. The number of hydrogen-bond donors (Lipinski definition) is 1. The minimum Gasteiger partial charge on any atom is -0.452 e. The molecule has 1 N–H and O–H groups in total. The summed E-state index contributed by atoms with van der Waals surface area (Å²) in [5.74, 6) is -1.55. The molecule has 10 heteroatoms. The van der Waals surface area contributed by atoms with Gasteiger partial charge in [-0.1, -0.05) is 0 Å². The Kier molecular flexibility index (Phi) is 6.19. The molecule has 0 bridgehead atoms. The molecule has 0 radical (unpaired) electrons. The summed E-state index contributed by atoms with van der Waals surface area (Å²) < 4.78 is 34.4. The highest BCUT2D eigenvalue weighted by Gasteiger charge is 2.25. The number of benzene rings is 1. The summed E-state index contributed by atoms with van der Waals surface area (Å²) in [6.07, 6.45) is 1.49. The van der Waals surface area contributed by atoms with E-state index in [-0.39, 0.29) is 12.2 Å². The van der Waals surface area contributed by atoms with Crippen LogP contribution in [0.5, 0.6) is 0 Å². The van der Waals surface area contributed by atoms with Gasteiger partial charge in [-0.3, -0.25) is 14.4 Å². The van der Waals surface area contributed by atoms with Gasteiger partial charge in [-0.25, -0.2) is 18.0 Å². The van der Waals surface area contributed by atoms with Gasteiger partial charge in [0.05, 0.1) is 24.1 Å². The molecular formula is C16H20N2O7S. The van der Waals surface area contributed by atoms with Gasteiger partial charge in [-0.05, 0) is 43.5 Å². The third kappa shape index (κ3) is 4.94.